The van der Waals surface area contributed by atoms with Gasteiger partial charge in [-0.2, -0.15) is 0 Å². The minimum atomic E-state index is -0.396. The lowest BCUT2D eigenvalue weighted by Gasteiger charge is -2.11. The van der Waals surface area contributed by atoms with Crippen LogP contribution in [0.1, 0.15) is 5.56 Å². The highest BCUT2D eigenvalue weighted by Gasteiger charge is 2.10. The Morgan fingerprint density at radius 3 is 2.50 bits per heavy atom. The van der Waals surface area contributed by atoms with Gasteiger partial charge in [0.25, 0.3) is 0 Å². The maximum Gasteiger partial charge on any atom is 0.141 e. The molecule has 1 aromatic heterocycles. The summed E-state index contributed by atoms with van der Waals surface area (Å²) >= 11 is 5.98. The highest BCUT2D eigenvalue weighted by Crippen LogP contribution is 2.32. The predicted octanol–water partition coefficient (Wildman–Crippen LogP) is 6.15. The van der Waals surface area contributed by atoms with E-state index in [2.05, 4.69) is 35.0 Å². The van der Waals surface area contributed by atoms with Crippen LogP contribution in [-0.2, 0) is 6.54 Å². The molecule has 0 spiro atoms. The molecular weight excluding hydrogens is 321 g/mol. The highest BCUT2D eigenvalue weighted by atomic mass is 35.5. The Balaban J connectivity index is 1.87. The van der Waals surface area contributed by atoms with Crippen LogP contribution in [0.5, 0.6) is 0 Å². The molecule has 0 saturated carbocycles. The SMILES string of the molecule is Fc1ccc(-c2cccc3ccn(Cc4ccccc4)c23)cc1Cl. The quantitative estimate of drug-likeness (QED) is 0.423. The average molecular weight is 336 g/mol. The van der Waals surface area contributed by atoms with Gasteiger partial charge in [-0.3, -0.25) is 0 Å². The van der Waals surface area contributed by atoms with Crippen molar-refractivity contribution in [3.8, 4) is 11.1 Å². The zero-order valence-electron chi connectivity index (χ0n) is 12.9. The molecular formula is C21H15ClFN. The number of benzene rings is 3. The molecule has 0 aliphatic rings. The van der Waals surface area contributed by atoms with Crippen molar-refractivity contribution in [2.45, 2.75) is 6.54 Å². The zero-order valence-corrected chi connectivity index (χ0v) is 13.7. The molecule has 24 heavy (non-hydrogen) atoms. The summed E-state index contributed by atoms with van der Waals surface area (Å²) < 4.78 is 15.7. The summed E-state index contributed by atoms with van der Waals surface area (Å²) in [6.07, 6.45) is 2.09. The number of fused-ring (bicyclic) bond motifs is 1. The lowest BCUT2D eigenvalue weighted by molar-refractivity contribution is 0.628. The Morgan fingerprint density at radius 1 is 0.875 bits per heavy atom. The molecule has 1 heterocycles. The molecule has 0 saturated heterocycles. The Bertz CT molecular complexity index is 1000. The van der Waals surface area contributed by atoms with Gasteiger partial charge in [-0.1, -0.05) is 66.2 Å². The van der Waals surface area contributed by atoms with Crippen LogP contribution >= 0.6 is 11.6 Å². The van der Waals surface area contributed by atoms with E-state index in [-0.39, 0.29) is 5.02 Å². The minimum Gasteiger partial charge on any atom is -0.343 e. The number of nitrogens with zero attached hydrogens (tertiary/aromatic N) is 1. The second-order valence-electron chi connectivity index (χ2n) is 5.80. The molecule has 0 aliphatic heterocycles. The summed E-state index contributed by atoms with van der Waals surface area (Å²) in [5, 5.41) is 1.30. The summed E-state index contributed by atoms with van der Waals surface area (Å²) in [4.78, 5) is 0. The Hall–Kier alpha value is -2.58. The summed E-state index contributed by atoms with van der Waals surface area (Å²) in [7, 11) is 0. The first-order chi connectivity index (χ1) is 11.7. The first-order valence-corrected chi connectivity index (χ1v) is 8.17. The van der Waals surface area contributed by atoms with Crippen LogP contribution in [0.3, 0.4) is 0 Å². The van der Waals surface area contributed by atoms with E-state index in [1.165, 1.54) is 11.6 Å². The number of hydrogen-bond acceptors (Lipinski definition) is 0. The molecule has 0 amide bonds. The molecule has 4 rings (SSSR count). The van der Waals surface area contributed by atoms with Crippen molar-refractivity contribution in [2.24, 2.45) is 0 Å². The minimum absolute atomic E-state index is 0.144. The zero-order chi connectivity index (χ0) is 16.5. The molecule has 3 aromatic carbocycles. The van der Waals surface area contributed by atoms with Crippen molar-refractivity contribution >= 4 is 22.5 Å². The number of halogens is 2. The van der Waals surface area contributed by atoms with Crippen LogP contribution in [0.25, 0.3) is 22.0 Å². The second-order valence-corrected chi connectivity index (χ2v) is 6.21. The molecule has 4 aromatic rings. The first-order valence-electron chi connectivity index (χ1n) is 7.79. The maximum atomic E-state index is 13.5. The van der Waals surface area contributed by atoms with Crippen LogP contribution in [-0.4, -0.2) is 4.57 Å². The lowest BCUT2D eigenvalue weighted by atomic mass is 10.0. The van der Waals surface area contributed by atoms with Crippen molar-refractivity contribution in [1.29, 1.82) is 0 Å². The molecule has 0 atom stereocenters. The largest absolute Gasteiger partial charge is 0.343 e. The number of para-hydroxylation sites is 1. The van der Waals surface area contributed by atoms with E-state index in [1.54, 1.807) is 12.1 Å². The number of aromatic nitrogens is 1. The Kier molecular flexibility index (Phi) is 3.83. The third-order valence-corrected chi connectivity index (χ3v) is 4.50. The average Bonchev–Trinajstić information content (AvgIpc) is 3.01. The third-order valence-electron chi connectivity index (χ3n) is 4.21. The normalized spacial score (nSPS) is 11.1. The smallest absolute Gasteiger partial charge is 0.141 e. The molecule has 0 aliphatic carbocycles. The van der Waals surface area contributed by atoms with Gasteiger partial charge in [-0.15, -0.1) is 0 Å². The highest BCUT2D eigenvalue weighted by molar-refractivity contribution is 6.31. The fourth-order valence-corrected chi connectivity index (χ4v) is 3.25. The molecule has 0 unspecified atom stereocenters. The van der Waals surface area contributed by atoms with Gasteiger partial charge < -0.3 is 4.57 Å². The van der Waals surface area contributed by atoms with E-state index in [1.807, 2.05) is 30.3 Å². The number of hydrogen-bond donors (Lipinski definition) is 0. The third kappa shape index (κ3) is 2.70. The van der Waals surface area contributed by atoms with Gasteiger partial charge in [-0.25, -0.2) is 4.39 Å². The summed E-state index contributed by atoms with van der Waals surface area (Å²) in [6, 6.07) is 23.5. The van der Waals surface area contributed by atoms with Gasteiger partial charge in [0.2, 0.25) is 0 Å². The fourth-order valence-electron chi connectivity index (χ4n) is 3.07. The van der Waals surface area contributed by atoms with Crippen LogP contribution in [0, 0.1) is 5.82 Å². The molecule has 0 fully saturated rings. The topological polar surface area (TPSA) is 4.93 Å². The van der Waals surface area contributed by atoms with Crippen LogP contribution < -0.4 is 0 Å². The van der Waals surface area contributed by atoms with Crippen molar-refractivity contribution in [2.75, 3.05) is 0 Å². The molecule has 118 valence electrons. The fraction of sp³-hybridized carbons (Fsp3) is 0.0476. The van der Waals surface area contributed by atoms with Crippen LogP contribution in [0.4, 0.5) is 4.39 Å². The second kappa shape index (κ2) is 6.14. The maximum absolute atomic E-state index is 13.5. The molecule has 0 radical (unpaired) electrons. The van der Waals surface area contributed by atoms with Crippen LogP contribution in [0.15, 0.2) is 79.0 Å². The van der Waals surface area contributed by atoms with E-state index in [0.717, 1.165) is 28.6 Å². The van der Waals surface area contributed by atoms with Gasteiger partial charge in [-0.05, 0) is 29.3 Å². The standard InChI is InChI=1S/C21H15ClFN/c22-19-13-17(9-10-20(19)23)18-8-4-7-16-11-12-24(21(16)18)14-15-5-2-1-3-6-15/h1-13H,14H2. The van der Waals surface area contributed by atoms with Crippen molar-refractivity contribution in [1.82, 2.24) is 4.57 Å². The van der Waals surface area contributed by atoms with E-state index < -0.39 is 5.82 Å². The van der Waals surface area contributed by atoms with Gasteiger partial charge in [0.05, 0.1) is 10.5 Å². The molecule has 0 bridgehead atoms. The van der Waals surface area contributed by atoms with Gasteiger partial charge in [0.1, 0.15) is 5.82 Å². The van der Waals surface area contributed by atoms with Gasteiger partial charge in [0.15, 0.2) is 0 Å². The summed E-state index contributed by atoms with van der Waals surface area (Å²) in [5.74, 6) is -0.396. The van der Waals surface area contributed by atoms with Gasteiger partial charge in [0, 0.05) is 23.7 Å². The van der Waals surface area contributed by atoms with Crippen molar-refractivity contribution in [3.05, 3.63) is 95.4 Å². The lowest BCUT2D eigenvalue weighted by Crippen LogP contribution is -1.98. The summed E-state index contributed by atoms with van der Waals surface area (Å²) in [5.41, 5.74) is 4.33. The monoisotopic (exact) mass is 335 g/mol. The molecule has 1 nitrogen and oxygen atoms in total. The Labute approximate surface area is 144 Å². The van der Waals surface area contributed by atoms with E-state index in [4.69, 9.17) is 11.6 Å². The first kappa shape index (κ1) is 15.0. The van der Waals surface area contributed by atoms with Crippen molar-refractivity contribution in [3.63, 3.8) is 0 Å². The van der Waals surface area contributed by atoms with E-state index in [9.17, 15) is 4.39 Å². The van der Waals surface area contributed by atoms with E-state index in [0.29, 0.717) is 0 Å². The van der Waals surface area contributed by atoms with E-state index >= 15 is 0 Å². The van der Waals surface area contributed by atoms with Crippen LogP contribution in [0.2, 0.25) is 5.02 Å². The molecule has 0 N–H and O–H groups in total. The Morgan fingerprint density at radius 2 is 1.71 bits per heavy atom. The summed E-state index contributed by atoms with van der Waals surface area (Å²) in [6.45, 7) is 0.788. The van der Waals surface area contributed by atoms with Gasteiger partial charge >= 0.3 is 0 Å². The molecule has 3 heteroatoms. The van der Waals surface area contributed by atoms with Crippen molar-refractivity contribution < 1.29 is 4.39 Å². The number of rotatable bonds is 3. The predicted molar refractivity (Wildman–Crippen MR) is 97.9 cm³/mol.